The van der Waals surface area contributed by atoms with Gasteiger partial charge in [0.2, 0.25) is 5.95 Å². The van der Waals surface area contributed by atoms with Gasteiger partial charge in [-0.1, -0.05) is 170 Å². The van der Waals surface area contributed by atoms with Gasteiger partial charge < -0.3 is 4.57 Å². The minimum atomic E-state index is -0.308. The molecule has 0 saturated carbocycles. The smallest absolute Gasteiger partial charge is 0.238 e. The maximum Gasteiger partial charge on any atom is 0.238 e. The van der Waals surface area contributed by atoms with Crippen LogP contribution in [-0.2, 0) is 0 Å². The SMILES string of the molecule is [2H]c1cc([2H])c2c(c1[2H])c1c([2H])c([2H])c3c4c([2H])c([2H])cc([2H])c4n(-c4nc(-c5ccccc5)nc(-c5cccc(-c6ccccc6)c5)n4)c3c1n2-c1ccc(-c2ccccc2)cc1. The van der Waals surface area contributed by atoms with Gasteiger partial charge in [0, 0.05) is 38.4 Å². The summed E-state index contributed by atoms with van der Waals surface area (Å²) in [6.45, 7) is 0. The number of hydrogen-bond acceptors (Lipinski definition) is 3. The number of para-hydroxylation sites is 2. The minimum absolute atomic E-state index is 0.0487. The van der Waals surface area contributed by atoms with E-state index in [2.05, 4.69) is 0 Å². The molecule has 56 heavy (non-hydrogen) atoms. The lowest BCUT2D eigenvalue weighted by Crippen LogP contribution is -2.07. The molecule has 0 spiro atoms. The van der Waals surface area contributed by atoms with Crippen molar-refractivity contribution in [1.29, 1.82) is 0 Å². The molecule has 0 radical (unpaired) electrons. The second-order valence-corrected chi connectivity index (χ2v) is 13.4. The lowest BCUT2D eigenvalue weighted by atomic mass is 10.0. The standard InChI is InChI=1S/C51H33N5/c1-4-15-34(16-5-1)36-27-29-40(30-28-36)55-45-25-12-10-23-41(45)43-31-32-44-42-24-11-13-26-46(42)56(48(44)47(43)55)51-53-49(37-19-8-3-9-20-37)52-50(54-51)39-22-14-21-38(33-39)35-17-6-2-7-18-35/h1-33H/i10D,11D,23D,24D,25D,26D,31D,32D. The normalized spacial score (nSPS) is 13.6. The molecule has 3 aromatic heterocycles. The second-order valence-electron chi connectivity index (χ2n) is 13.4. The zero-order valence-electron chi connectivity index (χ0n) is 37.7. The van der Waals surface area contributed by atoms with Gasteiger partial charge in [0.15, 0.2) is 11.6 Å². The van der Waals surface area contributed by atoms with E-state index in [1.54, 1.807) is 9.13 Å². The van der Waals surface area contributed by atoms with Crippen molar-refractivity contribution >= 4 is 43.6 Å². The summed E-state index contributed by atoms with van der Waals surface area (Å²) in [6, 6.07) is 45.6. The van der Waals surface area contributed by atoms with E-state index in [4.69, 9.17) is 17.7 Å². The van der Waals surface area contributed by atoms with Crippen molar-refractivity contribution in [3.63, 3.8) is 0 Å². The van der Waals surface area contributed by atoms with Crippen LogP contribution < -0.4 is 0 Å². The zero-order valence-corrected chi connectivity index (χ0v) is 29.7. The first-order valence-electron chi connectivity index (χ1n) is 22.2. The first-order chi connectivity index (χ1) is 31.1. The van der Waals surface area contributed by atoms with Gasteiger partial charge in [-0.3, -0.25) is 4.57 Å². The number of nitrogens with zero attached hydrogens (tertiary/aromatic N) is 5. The van der Waals surface area contributed by atoms with E-state index >= 15 is 0 Å². The fourth-order valence-electron chi connectivity index (χ4n) is 7.57. The van der Waals surface area contributed by atoms with Gasteiger partial charge in [-0.15, -0.1) is 0 Å². The molecule has 0 amide bonds. The average Bonchev–Trinajstić information content (AvgIpc) is 3.89. The van der Waals surface area contributed by atoms with Crippen LogP contribution in [0.2, 0.25) is 0 Å². The lowest BCUT2D eigenvalue weighted by molar-refractivity contribution is 0.953. The van der Waals surface area contributed by atoms with Gasteiger partial charge in [-0.25, -0.2) is 4.98 Å². The van der Waals surface area contributed by atoms with E-state index in [1.165, 1.54) is 12.1 Å². The highest BCUT2D eigenvalue weighted by Crippen LogP contribution is 2.42. The third kappa shape index (κ3) is 5.21. The maximum atomic E-state index is 9.69. The Balaban J connectivity index is 1.33. The Morgan fingerprint density at radius 2 is 0.839 bits per heavy atom. The minimum Gasteiger partial charge on any atom is -0.307 e. The van der Waals surface area contributed by atoms with Gasteiger partial charge in [0.05, 0.1) is 33.0 Å². The molecule has 3 heterocycles. The maximum absolute atomic E-state index is 9.69. The van der Waals surface area contributed by atoms with E-state index in [0.29, 0.717) is 34.0 Å². The van der Waals surface area contributed by atoms with Crippen molar-refractivity contribution in [3.05, 3.63) is 200 Å². The molecule has 11 rings (SSSR count). The highest BCUT2D eigenvalue weighted by atomic mass is 15.2. The number of hydrogen-bond donors (Lipinski definition) is 0. The van der Waals surface area contributed by atoms with Crippen molar-refractivity contribution < 1.29 is 11.0 Å². The fourth-order valence-corrected chi connectivity index (χ4v) is 7.57. The van der Waals surface area contributed by atoms with Gasteiger partial charge in [-0.2, -0.15) is 9.97 Å². The molecule has 0 unspecified atom stereocenters. The van der Waals surface area contributed by atoms with Gasteiger partial charge in [0.25, 0.3) is 0 Å². The molecule has 11 aromatic rings. The predicted molar refractivity (Wildman–Crippen MR) is 230 cm³/mol. The molecule has 0 aliphatic carbocycles. The highest BCUT2D eigenvalue weighted by molar-refractivity contribution is 6.23. The largest absolute Gasteiger partial charge is 0.307 e. The van der Waals surface area contributed by atoms with Gasteiger partial charge in [-0.05, 0) is 52.5 Å². The Morgan fingerprint density at radius 3 is 1.46 bits per heavy atom. The number of rotatable bonds is 6. The van der Waals surface area contributed by atoms with E-state index in [-0.39, 0.29) is 92.4 Å². The van der Waals surface area contributed by atoms with Gasteiger partial charge in [0.1, 0.15) is 0 Å². The summed E-state index contributed by atoms with van der Waals surface area (Å²) in [5, 5.41) is 0.503. The molecule has 0 N–H and O–H groups in total. The van der Waals surface area contributed by atoms with Crippen LogP contribution in [0.15, 0.2) is 200 Å². The van der Waals surface area contributed by atoms with Crippen molar-refractivity contribution in [3.8, 4) is 56.7 Å². The summed E-state index contributed by atoms with van der Waals surface area (Å²) >= 11 is 0. The number of benzene rings is 8. The lowest BCUT2D eigenvalue weighted by Gasteiger charge is -2.14. The second kappa shape index (κ2) is 13.0. The quantitative estimate of drug-likeness (QED) is 0.172. The molecule has 0 atom stereocenters. The number of fused-ring (bicyclic) bond motifs is 7. The summed E-state index contributed by atoms with van der Waals surface area (Å²) in [4.78, 5) is 15.2. The van der Waals surface area contributed by atoms with E-state index < -0.39 is 0 Å². The molecule has 262 valence electrons. The van der Waals surface area contributed by atoms with E-state index in [1.807, 2.05) is 140 Å². The van der Waals surface area contributed by atoms with Crippen LogP contribution in [0.1, 0.15) is 11.0 Å². The average molecular weight is 724 g/mol. The van der Waals surface area contributed by atoms with Crippen LogP contribution in [0.5, 0.6) is 0 Å². The van der Waals surface area contributed by atoms with Crippen LogP contribution in [0, 0.1) is 0 Å². The molecule has 0 aliphatic heterocycles. The Bertz CT molecular complexity index is 3690. The Kier molecular flexibility index (Phi) is 5.74. The van der Waals surface area contributed by atoms with Crippen molar-refractivity contribution in [1.82, 2.24) is 24.1 Å². The van der Waals surface area contributed by atoms with Crippen LogP contribution in [0.4, 0.5) is 0 Å². The first-order valence-corrected chi connectivity index (χ1v) is 18.2. The molecule has 0 fully saturated rings. The van der Waals surface area contributed by atoms with Gasteiger partial charge >= 0.3 is 0 Å². The Morgan fingerprint density at radius 1 is 0.357 bits per heavy atom. The van der Waals surface area contributed by atoms with Crippen LogP contribution in [0.3, 0.4) is 0 Å². The summed E-state index contributed by atoms with van der Waals surface area (Å²) in [5.74, 6) is 0.670. The summed E-state index contributed by atoms with van der Waals surface area (Å²) < 4.78 is 77.6. The molecule has 0 bridgehead atoms. The molecule has 0 saturated heterocycles. The Hall–Kier alpha value is -7.63. The predicted octanol–water partition coefficient (Wildman–Crippen LogP) is 12.7. The highest BCUT2D eigenvalue weighted by Gasteiger charge is 2.23. The summed E-state index contributed by atoms with van der Waals surface area (Å²) in [5.41, 5.74) is 6.70. The van der Waals surface area contributed by atoms with Crippen LogP contribution >= 0.6 is 0 Å². The van der Waals surface area contributed by atoms with Crippen molar-refractivity contribution in [2.75, 3.05) is 0 Å². The topological polar surface area (TPSA) is 48.5 Å². The molecule has 5 nitrogen and oxygen atoms in total. The molecular weight excluding hydrogens is 683 g/mol. The molecular formula is C51H33N5. The number of aromatic nitrogens is 5. The van der Waals surface area contributed by atoms with Crippen molar-refractivity contribution in [2.24, 2.45) is 0 Å². The first kappa shape index (κ1) is 24.6. The van der Waals surface area contributed by atoms with Crippen LogP contribution in [0.25, 0.3) is 100 Å². The summed E-state index contributed by atoms with van der Waals surface area (Å²) in [7, 11) is 0. The molecule has 5 heteroatoms. The fraction of sp³-hybridized carbons (Fsp3) is 0. The molecule has 8 aromatic carbocycles. The van der Waals surface area contributed by atoms with E-state index in [0.717, 1.165) is 22.3 Å². The summed E-state index contributed by atoms with van der Waals surface area (Å²) in [6.07, 6.45) is 0. The van der Waals surface area contributed by atoms with Crippen LogP contribution in [-0.4, -0.2) is 24.1 Å². The monoisotopic (exact) mass is 723 g/mol. The van der Waals surface area contributed by atoms with E-state index in [9.17, 15) is 8.22 Å². The zero-order chi connectivity index (χ0) is 44.0. The molecule has 0 aliphatic rings. The third-order valence-corrected chi connectivity index (χ3v) is 10.2. The van der Waals surface area contributed by atoms with Crippen molar-refractivity contribution in [2.45, 2.75) is 0 Å². The Labute approximate surface area is 334 Å². The third-order valence-electron chi connectivity index (χ3n) is 10.2.